The Hall–Kier alpha value is -1.72. The predicted octanol–water partition coefficient (Wildman–Crippen LogP) is 2.11. The molecule has 19 heavy (non-hydrogen) atoms. The van der Waals surface area contributed by atoms with Crippen LogP contribution >= 0.6 is 11.6 Å². The summed E-state index contributed by atoms with van der Waals surface area (Å²) >= 11 is 5.99. The van der Waals surface area contributed by atoms with Gasteiger partial charge in [0.05, 0.1) is 11.1 Å². The Bertz CT molecular complexity index is 555. The van der Waals surface area contributed by atoms with Gasteiger partial charge in [-0.15, -0.1) is 0 Å². The molecule has 0 spiro atoms. The Morgan fingerprint density at radius 3 is 2.58 bits per heavy atom. The van der Waals surface area contributed by atoms with Crippen molar-refractivity contribution in [2.75, 3.05) is 12.3 Å². The second-order valence-electron chi connectivity index (χ2n) is 4.24. The number of halogens is 1. The minimum Gasteiger partial charge on any atom is -0.383 e. The number of aromatic nitrogens is 3. The molecule has 3 N–H and O–H groups in total. The molecule has 0 aliphatic heterocycles. The van der Waals surface area contributed by atoms with Crippen LogP contribution in [0.2, 0.25) is 5.02 Å². The molecule has 1 unspecified atom stereocenters. The highest BCUT2D eigenvalue weighted by Crippen LogP contribution is 2.25. The smallest absolute Gasteiger partial charge is 0.149 e. The van der Waals surface area contributed by atoms with E-state index in [1.54, 1.807) is 18.5 Å². The van der Waals surface area contributed by atoms with Gasteiger partial charge in [-0.05, 0) is 25.1 Å². The summed E-state index contributed by atoms with van der Waals surface area (Å²) in [7, 11) is 0. The molecule has 0 radical (unpaired) electrons. The molecule has 6 heteroatoms. The van der Waals surface area contributed by atoms with Gasteiger partial charge < -0.3 is 11.1 Å². The average Bonchev–Trinajstić information content (AvgIpc) is 2.40. The molecule has 1 atom stereocenters. The zero-order valence-corrected chi connectivity index (χ0v) is 11.6. The standard InChI is InChI=1S/C13H16ClN5/c1-3-16-11(13-18-5-8(2)6-19-13)10-4-9(14)7-17-12(10)15/h4-7,11,16H,3H2,1-2H3,(H2,15,17). The fourth-order valence-corrected chi connectivity index (χ4v) is 1.96. The highest BCUT2D eigenvalue weighted by atomic mass is 35.5. The quantitative estimate of drug-likeness (QED) is 0.895. The van der Waals surface area contributed by atoms with E-state index in [1.165, 1.54) is 6.20 Å². The second kappa shape index (κ2) is 5.95. The Morgan fingerprint density at radius 1 is 1.26 bits per heavy atom. The van der Waals surface area contributed by atoms with Crippen molar-refractivity contribution < 1.29 is 0 Å². The van der Waals surface area contributed by atoms with E-state index in [-0.39, 0.29) is 6.04 Å². The lowest BCUT2D eigenvalue weighted by molar-refractivity contribution is 0.596. The maximum Gasteiger partial charge on any atom is 0.149 e. The molecule has 0 bridgehead atoms. The van der Waals surface area contributed by atoms with Crippen LogP contribution in [0, 0.1) is 6.92 Å². The van der Waals surface area contributed by atoms with Crippen molar-refractivity contribution >= 4 is 17.4 Å². The van der Waals surface area contributed by atoms with Gasteiger partial charge in [0.1, 0.15) is 11.6 Å². The third kappa shape index (κ3) is 3.19. The van der Waals surface area contributed by atoms with E-state index in [1.807, 2.05) is 13.8 Å². The van der Waals surface area contributed by atoms with Crippen LogP contribution in [0.15, 0.2) is 24.7 Å². The van der Waals surface area contributed by atoms with Gasteiger partial charge >= 0.3 is 0 Å². The number of rotatable bonds is 4. The highest BCUT2D eigenvalue weighted by molar-refractivity contribution is 6.30. The molecule has 2 rings (SSSR count). The molecule has 0 amide bonds. The average molecular weight is 278 g/mol. The molecule has 0 aromatic carbocycles. The summed E-state index contributed by atoms with van der Waals surface area (Å²) in [6, 6.07) is 1.58. The zero-order chi connectivity index (χ0) is 13.8. The lowest BCUT2D eigenvalue weighted by Gasteiger charge is -2.18. The van der Waals surface area contributed by atoms with Crippen LogP contribution < -0.4 is 11.1 Å². The highest BCUT2D eigenvalue weighted by Gasteiger charge is 2.19. The maximum absolute atomic E-state index is 5.99. The molecule has 5 nitrogen and oxygen atoms in total. The van der Waals surface area contributed by atoms with E-state index in [2.05, 4.69) is 20.3 Å². The van der Waals surface area contributed by atoms with Gasteiger partial charge in [-0.25, -0.2) is 15.0 Å². The first kappa shape index (κ1) is 13.7. The molecule has 100 valence electrons. The Balaban J connectivity index is 2.44. The number of nitrogens with one attached hydrogen (secondary N) is 1. The summed E-state index contributed by atoms with van der Waals surface area (Å²) in [4.78, 5) is 12.8. The first-order valence-corrected chi connectivity index (χ1v) is 6.42. The van der Waals surface area contributed by atoms with E-state index in [9.17, 15) is 0 Å². The van der Waals surface area contributed by atoms with Crippen LogP contribution in [-0.4, -0.2) is 21.5 Å². The molecule has 0 aliphatic rings. The van der Waals surface area contributed by atoms with Crippen molar-refractivity contribution in [3.05, 3.63) is 46.6 Å². The number of nitrogens with zero attached hydrogens (tertiary/aromatic N) is 3. The van der Waals surface area contributed by atoms with Crippen LogP contribution in [-0.2, 0) is 0 Å². The summed E-state index contributed by atoms with van der Waals surface area (Å²) in [5.41, 5.74) is 7.72. The molecule has 0 aliphatic carbocycles. The number of pyridine rings is 1. The van der Waals surface area contributed by atoms with Crippen molar-refractivity contribution in [3.8, 4) is 0 Å². The van der Waals surface area contributed by atoms with E-state index in [0.29, 0.717) is 16.7 Å². The van der Waals surface area contributed by atoms with Gasteiger partial charge in [0, 0.05) is 24.2 Å². The van der Waals surface area contributed by atoms with Crippen molar-refractivity contribution in [2.24, 2.45) is 0 Å². The largest absolute Gasteiger partial charge is 0.383 e. The van der Waals surface area contributed by atoms with Gasteiger partial charge in [-0.3, -0.25) is 0 Å². The van der Waals surface area contributed by atoms with Crippen LogP contribution in [0.25, 0.3) is 0 Å². The first-order valence-electron chi connectivity index (χ1n) is 6.04. The molecule has 0 fully saturated rings. The number of nitrogens with two attached hydrogens (primary N) is 1. The van der Waals surface area contributed by atoms with Crippen molar-refractivity contribution in [1.29, 1.82) is 0 Å². The Morgan fingerprint density at radius 2 is 1.95 bits per heavy atom. The van der Waals surface area contributed by atoms with Gasteiger partial charge in [0.15, 0.2) is 0 Å². The molecule has 2 aromatic heterocycles. The fourth-order valence-electron chi connectivity index (χ4n) is 1.79. The lowest BCUT2D eigenvalue weighted by atomic mass is 10.1. The fraction of sp³-hybridized carbons (Fsp3) is 0.308. The maximum atomic E-state index is 5.99. The van der Waals surface area contributed by atoms with Crippen molar-refractivity contribution in [3.63, 3.8) is 0 Å². The Kier molecular flexibility index (Phi) is 4.29. The topological polar surface area (TPSA) is 76.7 Å². The van der Waals surface area contributed by atoms with Gasteiger partial charge in [-0.1, -0.05) is 18.5 Å². The lowest BCUT2D eigenvalue weighted by Crippen LogP contribution is -2.25. The number of hydrogen-bond donors (Lipinski definition) is 2. The number of aryl methyl sites for hydroxylation is 1. The van der Waals surface area contributed by atoms with E-state index in [4.69, 9.17) is 17.3 Å². The first-order chi connectivity index (χ1) is 9.11. The van der Waals surface area contributed by atoms with Crippen LogP contribution in [0.3, 0.4) is 0 Å². The van der Waals surface area contributed by atoms with Gasteiger partial charge in [0.2, 0.25) is 0 Å². The molecule has 0 saturated heterocycles. The monoisotopic (exact) mass is 277 g/mol. The number of hydrogen-bond acceptors (Lipinski definition) is 5. The summed E-state index contributed by atoms with van der Waals surface area (Å²) in [6.07, 6.45) is 5.08. The van der Waals surface area contributed by atoms with E-state index < -0.39 is 0 Å². The Labute approximate surface area is 117 Å². The summed E-state index contributed by atoms with van der Waals surface area (Å²) in [5.74, 6) is 1.09. The van der Waals surface area contributed by atoms with Gasteiger partial charge in [-0.2, -0.15) is 0 Å². The summed E-state index contributed by atoms with van der Waals surface area (Å²) in [5, 5.41) is 3.84. The normalized spacial score (nSPS) is 12.4. The summed E-state index contributed by atoms with van der Waals surface area (Å²) in [6.45, 7) is 4.71. The summed E-state index contributed by atoms with van der Waals surface area (Å²) < 4.78 is 0. The third-order valence-corrected chi connectivity index (χ3v) is 2.90. The predicted molar refractivity (Wildman–Crippen MR) is 75.9 cm³/mol. The third-order valence-electron chi connectivity index (χ3n) is 2.69. The molecular formula is C13H16ClN5. The molecule has 0 saturated carbocycles. The molecule has 2 heterocycles. The second-order valence-corrected chi connectivity index (χ2v) is 4.67. The van der Waals surface area contributed by atoms with E-state index >= 15 is 0 Å². The van der Waals surface area contributed by atoms with Crippen molar-refractivity contribution in [2.45, 2.75) is 19.9 Å². The van der Waals surface area contributed by atoms with Crippen molar-refractivity contribution in [1.82, 2.24) is 20.3 Å². The molecule has 2 aromatic rings. The zero-order valence-electron chi connectivity index (χ0n) is 10.9. The molecular weight excluding hydrogens is 262 g/mol. The van der Waals surface area contributed by atoms with Crippen LogP contribution in [0.5, 0.6) is 0 Å². The number of nitrogen functional groups attached to an aromatic ring is 1. The minimum absolute atomic E-state index is 0.211. The minimum atomic E-state index is -0.211. The van der Waals surface area contributed by atoms with E-state index in [0.717, 1.165) is 17.7 Å². The SMILES string of the molecule is CCNC(c1ncc(C)cn1)c1cc(Cl)cnc1N. The van der Waals surface area contributed by atoms with Crippen LogP contribution in [0.4, 0.5) is 5.82 Å². The number of anilines is 1. The van der Waals surface area contributed by atoms with Gasteiger partial charge in [0.25, 0.3) is 0 Å². The van der Waals surface area contributed by atoms with Crippen LogP contribution in [0.1, 0.15) is 29.9 Å².